The molecule has 0 fully saturated rings. The van der Waals surface area contributed by atoms with E-state index in [9.17, 15) is 9.90 Å². The molecule has 1 unspecified atom stereocenters. The number of nitrogen functional groups attached to an aromatic ring is 1. The molecule has 0 radical (unpaired) electrons. The number of carbonyl (C=O) groups is 1. The van der Waals surface area contributed by atoms with Crippen molar-refractivity contribution in [2.75, 3.05) is 27.3 Å². The van der Waals surface area contributed by atoms with E-state index in [-0.39, 0.29) is 12.4 Å². The lowest BCUT2D eigenvalue weighted by molar-refractivity contribution is 0.0406. The van der Waals surface area contributed by atoms with Gasteiger partial charge >= 0.3 is 5.91 Å². The Balaban J connectivity index is 2.46. The summed E-state index contributed by atoms with van der Waals surface area (Å²) < 4.78 is 10.1. The topological polar surface area (TPSA) is 101 Å². The Labute approximate surface area is 105 Å². The normalized spacial score (nSPS) is 12.7. The highest BCUT2D eigenvalue weighted by molar-refractivity contribution is 5.90. The number of ether oxygens (including phenoxy) is 1. The molecule has 0 bridgehead atoms. The summed E-state index contributed by atoms with van der Waals surface area (Å²) in [5.74, 6) is 5.32. The molecule has 1 aromatic heterocycles. The van der Waals surface area contributed by atoms with Crippen LogP contribution < -0.4 is 11.3 Å². The number of hydrazine groups is 1. The van der Waals surface area contributed by atoms with Gasteiger partial charge in [-0.15, -0.1) is 0 Å². The van der Waals surface area contributed by atoms with Gasteiger partial charge in [0.25, 0.3) is 0 Å². The van der Waals surface area contributed by atoms with Gasteiger partial charge in [-0.1, -0.05) is 0 Å². The number of methoxy groups -OCH3 is 1. The van der Waals surface area contributed by atoms with Gasteiger partial charge in [-0.2, -0.15) is 0 Å². The van der Waals surface area contributed by atoms with E-state index in [1.54, 1.807) is 12.1 Å². The lowest BCUT2D eigenvalue weighted by Crippen LogP contribution is -2.31. The third kappa shape index (κ3) is 4.46. The van der Waals surface area contributed by atoms with E-state index >= 15 is 0 Å². The van der Waals surface area contributed by atoms with Gasteiger partial charge in [0.1, 0.15) is 5.76 Å². The molecule has 102 valence electrons. The maximum absolute atomic E-state index is 11.2. The molecule has 1 heterocycles. The van der Waals surface area contributed by atoms with E-state index < -0.39 is 12.0 Å². The maximum Gasteiger partial charge on any atom is 0.300 e. The van der Waals surface area contributed by atoms with Crippen LogP contribution in [0, 0.1) is 0 Å². The minimum atomic E-state index is -0.554. The molecule has 0 aliphatic rings. The highest BCUT2D eigenvalue weighted by atomic mass is 16.5. The number of nitrogens with one attached hydrogen (secondary N) is 1. The number of hydrogen-bond acceptors (Lipinski definition) is 6. The number of nitrogens with zero attached hydrogens (tertiary/aromatic N) is 1. The Morgan fingerprint density at radius 2 is 2.39 bits per heavy atom. The summed E-state index contributed by atoms with van der Waals surface area (Å²) >= 11 is 0. The van der Waals surface area contributed by atoms with Gasteiger partial charge in [0, 0.05) is 13.7 Å². The van der Waals surface area contributed by atoms with Crippen LogP contribution in [0.5, 0.6) is 0 Å². The summed E-state index contributed by atoms with van der Waals surface area (Å²) in [6, 6.07) is 3.25. The molecule has 0 spiro atoms. The van der Waals surface area contributed by atoms with Crippen LogP contribution in [0.15, 0.2) is 16.5 Å². The zero-order valence-corrected chi connectivity index (χ0v) is 10.5. The van der Waals surface area contributed by atoms with E-state index in [1.807, 2.05) is 17.4 Å². The number of furan rings is 1. The van der Waals surface area contributed by atoms with Crippen LogP contribution in [0.4, 0.5) is 0 Å². The first-order valence-corrected chi connectivity index (χ1v) is 5.52. The van der Waals surface area contributed by atoms with Crippen molar-refractivity contribution < 1.29 is 19.1 Å². The highest BCUT2D eigenvalue weighted by Crippen LogP contribution is 2.10. The predicted molar refractivity (Wildman–Crippen MR) is 64.6 cm³/mol. The minimum Gasteiger partial charge on any atom is -0.455 e. The van der Waals surface area contributed by atoms with E-state index in [2.05, 4.69) is 0 Å². The van der Waals surface area contributed by atoms with Crippen LogP contribution >= 0.6 is 0 Å². The number of likely N-dealkylation sites (N-methyl/N-ethyl adjacent to an activating group) is 1. The van der Waals surface area contributed by atoms with Crippen molar-refractivity contribution in [3.05, 3.63) is 23.7 Å². The molecule has 4 N–H and O–H groups in total. The zero-order chi connectivity index (χ0) is 13.5. The quantitative estimate of drug-likeness (QED) is 0.340. The van der Waals surface area contributed by atoms with Gasteiger partial charge in [0.15, 0.2) is 5.76 Å². The van der Waals surface area contributed by atoms with Crippen molar-refractivity contribution in [1.29, 1.82) is 0 Å². The van der Waals surface area contributed by atoms with Gasteiger partial charge in [-0.3, -0.25) is 15.1 Å². The smallest absolute Gasteiger partial charge is 0.300 e. The summed E-state index contributed by atoms with van der Waals surface area (Å²) in [6.07, 6.45) is -0.554. The average molecular weight is 257 g/mol. The first-order chi connectivity index (χ1) is 8.56. The number of aliphatic hydroxyl groups is 1. The van der Waals surface area contributed by atoms with Crippen LogP contribution in [-0.4, -0.2) is 49.3 Å². The monoisotopic (exact) mass is 257 g/mol. The van der Waals surface area contributed by atoms with E-state index in [0.717, 1.165) is 0 Å². The molecule has 0 saturated carbocycles. The minimum absolute atomic E-state index is 0.165. The fourth-order valence-corrected chi connectivity index (χ4v) is 1.59. The molecular weight excluding hydrogens is 238 g/mol. The van der Waals surface area contributed by atoms with Crippen LogP contribution in [0.2, 0.25) is 0 Å². The molecule has 0 aliphatic heterocycles. The molecule has 1 atom stereocenters. The van der Waals surface area contributed by atoms with E-state index in [1.165, 1.54) is 7.11 Å². The summed E-state index contributed by atoms with van der Waals surface area (Å²) in [7, 11) is 3.37. The van der Waals surface area contributed by atoms with Gasteiger partial charge in [0.2, 0.25) is 0 Å². The lowest BCUT2D eigenvalue weighted by Gasteiger charge is -2.18. The van der Waals surface area contributed by atoms with Crippen LogP contribution in [-0.2, 0) is 11.3 Å². The summed E-state index contributed by atoms with van der Waals surface area (Å²) in [6.45, 7) is 1.22. The average Bonchev–Trinajstić information content (AvgIpc) is 2.76. The molecule has 0 aromatic carbocycles. The van der Waals surface area contributed by atoms with Gasteiger partial charge < -0.3 is 14.3 Å². The van der Waals surface area contributed by atoms with Crippen molar-refractivity contribution in [3.8, 4) is 0 Å². The molecule has 18 heavy (non-hydrogen) atoms. The number of amides is 1. The molecule has 1 rings (SSSR count). The van der Waals surface area contributed by atoms with E-state index in [4.69, 9.17) is 15.0 Å². The van der Waals surface area contributed by atoms with E-state index in [0.29, 0.717) is 18.8 Å². The Morgan fingerprint density at radius 1 is 1.67 bits per heavy atom. The summed E-state index contributed by atoms with van der Waals surface area (Å²) in [5.41, 5.74) is 1.99. The van der Waals surface area contributed by atoms with Crippen LogP contribution in [0.3, 0.4) is 0 Å². The van der Waals surface area contributed by atoms with Crippen LogP contribution in [0.1, 0.15) is 16.3 Å². The standard InChI is InChI=1S/C11H19N3O4/c1-14(5-8(15)7-17-2)6-9-3-4-10(18-9)11(16)13-12/h3-4,8,15H,5-7,12H2,1-2H3,(H,13,16). The number of aliphatic hydroxyl groups excluding tert-OH is 1. The van der Waals surface area contributed by atoms with Crippen molar-refractivity contribution in [2.45, 2.75) is 12.6 Å². The third-order valence-electron chi connectivity index (χ3n) is 2.32. The first-order valence-electron chi connectivity index (χ1n) is 5.52. The van der Waals surface area contributed by atoms with Crippen molar-refractivity contribution in [3.63, 3.8) is 0 Å². The maximum atomic E-state index is 11.2. The van der Waals surface area contributed by atoms with Crippen molar-refractivity contribution in [2.24, 2.45) is 5.84 Å². The number of rotatable bonds is 7. The number of carbonyl (C=O) groups excluding carboxylic acids is 1. The molecule has 0 aliphatic carbocycles. The van der Waals surface area contributed by atoms with Gasteiger partial charge in [0.05, 0.1) is 19.3 Å². The molecule has 0 saturated heterocycles. The second-order valence-electron chi connectivity index (χ2n) is 4.05. The Morgan fingerprint density at radius 3 is 3.00 bits per heavy atom. The number of hydrogen-bond donors (Lipinski definition) is 3. The number of nitrogens with two attached hydrogens (primary N) is 1. The molecule has 7 nitrogen and oxygen atoms in total. The Hall–Kier alpha value is -1.41. The molecule has 1 aromatic rings. The van der Waals surface area contributed by atoms with Crippen LogP contribution in [0.25, 0.3) is 0 Å². The molecule has 1 amide bonds. The van der Waals surface area contributed by atoms with Gasteiger partial charge in [-0.05, 0) is 19.2 Å². The predicted octanol–water partition coefficient (Wildman–Crippen LogP) is -0.678. The Bertz CT molecular complexity index is 380. The van der Waals surface area contributed by atoms with Crippen molar-refractivity contribution >= 4 is 5.91 Å². The summed E-state index contributed by atoms with van der Waals surface area (Å²) in [5, 5.41) is 9.55. The van der Waals surface area contributed by atoms with Gasteiger partial charge in [-0.25, -0.2) is 5.84 Å². The lowest BCUT2D eigenvalue weighted by atomic mass is 10.3. The second-order valence-corrected chi connectivity index (χ2v) is 4.05. The fourth-order valence-electron chi connectivity index (χ4n) is 1.59. The second kappa shape index (κ2) is 7.12. The third-order valence-corrected chi connectivity index (χ3v) is 2.32. The highest BCUT2D eigenvalue weighted by Gasteiger charge is 2.13. The molecular formula is C11H19N3O4. The van der Waals surface area contributed by atoms with Crippen molar-refractivity contribution in [1.82, 2.24) is 10.3 Å². The summed E-state index contributed by atoms with van der Waals surface area (Å²) in [4.78, 5) is 13.0. The SMILES string of the molecule is COCC(O)CN(C)Cc1ccc(C(=O)NN)o1. The fraction of sp³-hybridized carbons (Fsp3) is 0.545. The zero-order valence-electron chi connectivity index (χ0n) is 10.5. The largest absolute Gasteiger partial charge is 0.455 e. The first kappa shape index (κ1) is 14.7. The Kier molecular flexibility index (Phi) is 5.79. The molecule has 7 heteroatoms.